The fraction of sp³-hybridized carbons (Fsp3) is 0.636. The maximum absolute atomic E-state index is 15.2. The predicted octanol–water partition coefficient (Wildman–Crippen LogP) is 4.51. The van der Waals surface area contributed by atoms with Crippen molar-refractivity contribution < 1.29 is 19.1 Å². The average Bonchev–Trinajstić information content (AvgIpc) is 2.81. The Morgan fingerprint density at radius 3 is 2.61 bits per heavy atom. The molecule has 0 saturated heterocycles. The van der Waals surface area contributed by atoms with E-state index in [0.29, 0.717) is 12.8 Å². The minimum absolute atomic E-state index is 0.209. The summed E-state index contributed by atoms with van der Waals surface area (Å²) in [5.41, 5.74) is -3.04. The highest BCUT2D eigenvalue weighted by Gasteiger charge is 2.74. The van der Waals surface area contributed by atoms with Crippen LogP contribution < -0.4 is 0 Å². The number of hydrogen-bond donors (Lipinski definition) is 1. The van der Waals surface area contributed by atoms with E-state index in [-0.39, 0.29) is 29.0 Å². The molecule has 0 aromatic carbocycles. The van der Waals surface area contributed by atoms with Crippen molar-refractivity contribution in [2.45, 2.75) is 56.4 Å². The molecule has 1 N–H and O–H groups in total. The first kappa shape index (κ1) is 20.3. The number of aliphatic hydroxyl groups is 1. The van der Waals surface area contributed by atoms with Gasteiger partial charge in [-0.2, -0.15) is 0 Å². The fourth-order valence-electron chi connectivity index (χ4n) is 6.76. The summed E-state index contributed by atoms with van der Waals surface area (Å²) in [5, 5.41) is 10.8. The van der Waals surface area contributed by atoms with Crippen molar-refractivity contribution in [1.82, 2.24) is 0 Å². The Labute approximate surface area is 174 Å². The van der Waals surface area contributed by atoms with E-state index >= 15 is 4.39 Å². The van der Waals surface area contributed by atoms with Crippen LogP contribution in [0.1, 0.15) is 40.5 Å². The third-order valence-electron chi connectivity index (χ3n) is 8.33. The largest absolute Gasteiger partial charge is 0.381 e. The summed E-state index contributed by atoms with van der Waals surface area (Å²) >= 11 is 14.2. The van der Waals surface area contributed by atoms with Crippen LogP contribution in [0.2, 0.25) is 0 Å². The van der Waals surface area contributed by atoms with Crippen molar-refractivity contribution in [3.05, 3.63) is 35.7 Å². The lowest BCUT2D eigenvalue weighted by Crippen LogP contribution is -2.66. The van der Waals surface area contributed by atoms with Crippen LogP contribution in [0.4, 0.5) is 4.39 Å². The van der Waals surface area contributed by atoms with E-state index < -0.39 is 38.4 Å². The monoisotopic (exact) mass is 426 g/mol. The van der Waals surface area contributed by atoms with Gasteiger partial charge < -0.3 is 5.11 Å². The van der Waals surface area contributed by atoms with E-state index in [1.54, 1.807) is 6.08 Å². The quantitative estimate of drug-likeness (QED) is 0.627. The molecule has 28 heavy (non-hydrogen) atoms. The molecule has 0 amide bonds. The average molecular weight is 427 g/mol. The molecule has 2 fully saturated rings. The van der Waals surface area contributed by atoms with Crippen molar-refractivity contribution in [2.75, 3.05) is 0 Å². The number of carbonyl (C=O) groups excluding carboxylic acids is 2. The van der Waals surface area contributed by atoms with Crippen LogP contribution in [0.15, 0.2) is 35.7 Å². The van der Waals surface area contributed by atoms with Gasteiger partial charge in [0.2, 0.25) is 0 Å². The molecule has 0 unspecified atom stereocenters. The van der Waals surface area contributed by atoms with Gasteiger partial charge in [0.15, 0.2) is 11.6 Å². The summed E-state index contributed by atoms with van der Waals surface area (Å²) in [6.07, 6.45) is 6.75. The molecule has 4 aliphatic rings. The van der Waals surface area contributed by atoms with Crippen molar-refractivity contribution >= 4 is 34.8 Å². The first-order valence-electron chi connectivity index (χ1n) is 9.73. The summed E-state index contributed by atoms with van der Waals surface area (Å²) < 4.78 is 15.2. The van der Waals surface area contributed by atoms with E-state index in [9.17, 15) is 14.7 Å². The van der Waals surface area contributed by atoms with Crippen molar-refractivity contribution in [3.63, 3.8) is 0 Å². The number of rotatable bonds is 1. The molecule has 4 rings (SSSR count). The third-order valence-corrected chi connectivity index (χ3v) is 9.85. The Morgan fingerprint density at radius 1 is 1.36 bits per heavy atom. The predicted molar refractivity (Wildman–Crippen MR) is 107 cm³/mol. The van der Waals surface area contributed by atoms with Crippen LogP contribution in [-0.2, 0) is 9.59 Å². The Morgan fingerprint density at radius 2 is 2.00 bits per heavy atom. The van der Waals surface area contributed by atoms with E-state index in [1.807, 2.05) is 20.8 Å². The topological polar surface area (TPSA) is 54.4 Å². The Kier molecular flexibility index (Phi) is 4.21. The second kappa shape index (κ2) is 5.80. The number of carbonyl (C=O) groups is 2. The first-order chi connectivity index (χ1) is 12.8. The van der Waals surface area contributed by atoms with Gasteiger partial charge in [0.1, 0.15) is 11.4 Å². The third kappa shape index (κ3) is 2.05. The summed E-state index contributed by atoms with van der Waals surface area (Å²) in [7, 11) is 0. The number of alkyl halides is 2. The molecule has 0 aliphatic heterocycles. The lowest BCUT2D eigenvalue weighted by atomic mass is 9.48. The molecule has 0 radical (unpaired) electrons. The second-order valence-electron chi connectivity index (χ2n) is 9.46. The summed E-state index contributed by atoms with van der Waals surface area (Å²) in [6.45, 7) is 6.97. The highest BCUT2D eigenvalue weighted by Crippen LogP contribution is 2.71. The summed E-state index contributed by atoms with van der Waals surface area (Å²) in [4.78, 5) is 23.3. The molecular formula is C22H25Cl2FO3. The summed E-state index contributed by atoms with van der Waals surface area (Å²) in [5.74, 6) is -2.01. The number of Topliss-reactive ketones (excluding diaryl/α,β-unsaturated/α-hetero) is 1. The minimum atomic E-state index is -1.53. The number of allylic oxidation sites excluding steroid dienone is 6. The van der Waals surface area contributed by atoms with Gasteiger partial charge in [0.05, 0.1) is 10.3 Å². The van der Waals surface area contributed by atoms with Gasteiger partial charge in [0.25, 0.3) is 0 Å². The van der Waals surface area contributed by atoms with Crippen molar-refractivity contribution in [1.29, 1.82) is 0 Å². The SMILES string of the molecule is CC(=O)[C@@]1(O)[C@H](C)C[C@H]2[C@@H]3C=C(F)C4=CC(=O)C=C[C@]4(C)[C@@]3(Cl)[C@@H](Cl)C[C@@]21C. The van der Waals surface area contributed by atoms with Crippen molar-refractivity contribution in [2.24, 2.45) is 28.6 Å². The second-order valence-corrected chi connectivity index (χ2v) is 10.6. The minimum Gasteiger partial charge on any atom is -0.381 e. The van der Waals surface area contributed by atoms with Crippen LogP contribution in [-0.4, -0.2) is 32.5 Å². The molecule has 4 aliphatic carbocycles. The number of halogens is 3. The molecule has 0 aromatic rings. The van der Waals surface area contributed by atoms with Crippen LogP contribution in [0.3, 0.4) is 0 Å². The van der Waals surface area contributed by atoms with Gasteiger partial charge in [-0.3, -0.25) is 9.59 Å². The van der Waals surface area contributed by atoms with Gasteiger partial charge in [0, 0.05) is 22.3 Å². The van der Waals surface area contributed by atoms with Crippen molar-refractivity contribution in [3.8, 4) is 0 Å². The maximum atomic E-state index is 15.2. The molecule has 0 spiro atoms. The van der Waals surface area contributed by atoms with E-state index in [1.165, 1.54) is 25.2 Å². The molecule has 152 valence electrons. The molecule has 6 heteroatoms. The lowest BCUT2D eigenvalue weighted by Gasteiger charge is -2.62. The molecule has 0 heterocycles. The van der Waals surface area contributed by atoms with Gasteiger partial charge in [-0.25, -0.2) is 4.39 Å². The standard InChI is InChI=1S/C22H25Cl2FO3/c1-11-7-14-15-9-17(25)16-8-13(27)5-6-19(16,3)21(15,24)18(23)10-20(14,4)22(11,28)12(2)26/h5-6,8-9,11,14-15,18,28H,7,10H2,1-4H3/t11-,14+,15+,18+,19+,20+,21+,22+/m1/s1. The smallest absolute Gasteiger partial charge is 0.178 e. The van der Waals surface area contributed by atoms with Gasteiger partial charge >= 0.3 is 0 Å². The summed E-state index contributed by atoms with van der Waals surface area (Å²) in [6, 6.07) is 0. The Bertz CT molecular complexity index is 879. The zero-order chi connectivity index (χ0) is 20.9. The molecule has 0 aromatic heterocycles. The lowest BCUT2D eigenvalue weighted by molar-refractivity contribution is -0.160. The molecule has 0 bridgehead atoms. The van der Waals surface area contributed by atoms with Crippen LogP contribution >= 0.6 is 23.2 Å². The van der Waals surface area contributed by atoms with Crippen LogP contribution in [0.5, 0.6) is 0 Å². The highest BCUT2D eigenvalue weighted by molar-refractivity contribution is 6.34. The normalized spacial score (nSPS) is 52.4. The molecule has 3 nitrogen and oxygen atoms in total. The zero-order valence-corrected chi connectivity index (χ0v) is 17.9. The van der Waals surface area contributed by atoms with E-state index in [0.717, 1.165) is 0 Å². The molecule has 2 saturated carbocycles. The molecule has 8 atom stereocenters. The number of ketones is 2. The number of fused-ring (bicyclic) bond motifs is 5. The maximum Gasteiger partial charge on any atom is 0.178 e. The van der Waals surface area contributed by atoms with Gasteiger partial charge in [-0.05, 0) is 49.8 Å². The highest BCUT2D eigenvalue weighted by atomic mass is 35.5. The zero-order valence-electron chi connectivity index (χ0n) is 16.4. The Balaban J connectivity index is 1.94. The van der Waals surface area contributed by atoms with E-state index in [4.69, 9.17) is 23.2 Å². The fourth-order valence-corrected chi connectivity index (χ4v) is 7.91. The van der Waals surface area contributed by atoms with Gasteiger partial charge in [-0.15, -0.1) is 23.2 Å². The first-order valence-corrected chi connectivity index (χ1v) is 10.5. The van der Waals surface area contributed by atoms with Crippen LogP contribution in [0, 0.1) is 28.6 Å². The van der Waals surface area contributed by atoms with Gasteiger partial charge in [-0.1, -0.05) is 26.8 Å². The van der Waals surface area contributed by atoms with Crippen LogP contribution in [0.25, 0.3) is 0 Å². The molecular weight excluding hydrogens is 402 g/mol. The van der Waals surface area contributed by atoms with E-state index in [2.05, 4.69) is 0 Å². The Hall–Kier alpha value is -0.970. The number of hydrogen-bond acceptors (Lipinski definition) is 3.